The average molecular weight is 199 g/mol. The van der Waals surface area contributed by atoms with Gasteiger partial charge in [0.05, 0.1) is 17.1 Å². The summed E-state index contributed by atoms with van der Waals surface area (Å²) in [6.07, 6.45) is -0.140. The third-order valence-electron chi connectivity index (χ3n) is 2.22. The number of hydrogen-bond donors (Lipinski definition) is 1. The zero-order valence-electron chi connectivity index (χ0n) is 8.24. The van der Waals surface area contributed by atoms with Crippen LogP contribution in [0.1, 0.15) is 22.6 Å². The second-order valence-corrected chi connectivity index (χ2v) is 3.31. The Labute approximate surface area is 86.6 Å². The van der Waals surface area contributed by atoms with Crippen LogP contribution in [0.4, 0.5) is 0 Å². The van der Waals surface area contributed by atoms with Gasteiger partial charge in [0.1, 0.15) is 6.42 Å². The second kappa shape index (κ2) is 3.54. The van der Waals surface area contributed by atoms with E-state index in [4.69, 9.17) is 5.26 Å². The maximum absolute atomic E-state index is 11.4. The number of aryl methyl sites for hydroxylation is 1. The molecule has 1 heterocycles. The van der Waals surface area contributed by atoms with Crippen LogP contribution in [0.5, 0.6) is 0 Å². The van der Waals surface area contributed by atoms with Crippen molar-refractivity contribution in [3.63, 3.8) is 0 Å². The number of benzene rings is 1. The van der Waals surface area contributed by atoms with Gasteiger partial charge in [-0.25, -0.2) is 4.98 Å². The van der Waals surface area contributed by atoms with Crippen LogP contribution in [0.25, 0.3) is 11.0 Å². The van der Waals surface area contributed by atoms with Crippen LogP contribution < -0.4 is 0 Å². The van der Waals surface area contributed by atoms with Gasteiger partial charge in [-0.2, -0.15) is 5.26 Å². The van der Waals surface area contributed by atoms with E-state index in [9.17, 15) is 4.79 Å². The van der Waals surface area contributed by atoms with Gasteiger partial charge in [0.2, 0.25) is 5.78 Å². The highest BCUT2D eigenvalue weighted by molar-refractivity contribution is 5.97. The van der Waals surface area contributed by atoms with Crippen LogP contribution in [0, 0.1) is 18.3 Å². The number of nitrogens with zero attached hydrogens (tertiary/aromatic N) is 2. The number of rotatable bonds is 2. The smallest absolute Gasteiger partial charge is 0.212 e. The fourth-order valence-electron chi connectivity index (χ4n) is 1.46. The predicted molar refractivity (Wildman–Crippen MR) is 55.4 cm³/mol. The van der Waals surface area contributed by atoms with E-state index in [0.717, 1.165) is 16.6 Å². The number of carbonyl (C=O) groups excluding carboxylic acids is 1. The first kappa shape index (κ1) is 9.41. The van der Waals surface area contributed by atoms with Crippen molar-refractivity contribution in [2.24, 2.45) is 0 Å². The predicted octanol–water partition coefficient (Wildman–Crippen LogP) is 1.97. The molecule has 0 radical (unpaired) electrons. The minimum atomic E-state index is -0.270. The molecule has 4 nitrogen and oxygen atoms in total. The Morgan fingerprint density at radius 3 is 3.07 bits per heavy atom. The van der Waals surface area contributed by atoms with Gasteiger partial charge in [0, 0.05) is 0 Å². The van der Waals surface area contributed by atoms with E-state index in [1.807, 2.05) is 31.2 Å². The van der Waals surface area contributed by atoms with E-state index in [0.29, 0.717) is 0 Å². The first-order valence-electron chi connectivity index (χ1n) is 4.58. The molecule has 1 aromatic carbocycles. The summed E-state index contributed by atoms with van der Waals surface area (Å²) in [5.74, 6) is -0.00560. The van der Waals surface area contributed by atoms with Crippen molar-refractivity contribution >= 4 is 16.8 Å². The number of carbonyl (C=O) groups is 1. The molecule has 0 saturated heterocycles. The molecule has 0 spiro atoms. The average Bonchev–Trinajstić information content (AvgIpc) is 2.63. The Morgan fingerprint density at radius 1 is 1.60 bits per heavy atom. The normalized spacial score (nSPS) is 10.1. The van der Waals surface area contributed by atoms with E-state index in [1.54, 1.807) is 0 Å². The van der Waals surface area contributed by atoms with Gasteiger partial charge < -0.3 is 4.98 Å². The van der Waals surface area contributed by atoms with Gasteiger partial charge in [0.15, 0.2) is 5.82 Å². The van der Waals surface area contributed by atoms with Crippen molar-refractivity contribution in [1.82, 2.24) is 9.97 Å². The fourth-order valence-corrected chi connectivity index (χ4v) is 1.46. The Balaban J connectivity index is 2.53. The molecule has 4 heteroatoms. The second-order valence-electron chi connectivity index (χ2n) is 3.31. The number of nitrogens with one attached hydrogen (secondary N) is 1. The highest BCUT2D eigenvalue weighted by Gasteiger charge is 2.11. The van der Waals surface area contributed by atoms with E-state index in [2.05, 4.69) is 9.97 Å². The monoisotopic (exact) mass is 199 g/mol. The number of aromatic amines is 1. The number of ketones is 1. The third kappa shape index (κ3) is 1.59. The van der Waals surface area contributed by atoms with Crippen molar-refractivity contribution in [3.8, 4) is 6.07 Å². The molecule has 15 heavy (non-hydrogen) atoms. The summed E-state index contributed by atoms with van der Waals surface area (Å²) in [6, 6.07) is 7.50. The standard InChI is InChI=1S/C11H9N3O/c1-7-3-2-4-8-10(7)14-11(13-8)9(15)5-6-12/h2-4H,5H2,1H3,(H,13,14). The van der Waals surface area contributed by atoms with Crippen LogP contribution in [0.15, 0.2) is 18.2 Å². The molecule has 0 aliphatic carbocycles. The maximum atomic E-state index is 11.4. The van der Waals surface area contributed by atoms with Gasteiger partial charge >= 0.3 is 0 Å². The Kier molecular flexibility index (Phi) is 2.22. The Hall–Kier alpha value is -2.15. The van der Waals surface area contributed by atoms with Gasteiger partial charge in [-0.1, -0.05) is 12.1 Å². The molecule has 0 fully saturated rings. The van der Waals surface area contributed by atoms with Crippen LogP contribution in [-0.4, -0.2) is 15.8 Å². The van der Waals surface area contributed by atoms with Crippen LogP contribution in [-0.2, 0) is 0 Å². The van der Waals surface area contributed by atoms with E-state index >= 15 is 0 Å². The number of hydrogen-bond acceptors (Lipinski definition) is 3. The number of H-pyrrole nitrogens is 1. The summed E-state index contributed by atoms with van der Waals surface area (Å²) in [6.45, 7) is 1.93. The summed E-state index contributed by atoms with van der Waals surface area (Å²) in [5, 5.41) is 8.41. The zero-order chi connectivity index (χ0) is 10.8. The number of para-hydroxylation sites is 1. The lowest BCUT2D eigenvalue weighted by atomic mass is 10.2. The molecule has 0 bridgehead atoms. The third-order valence-corrected chi connectivity index (χ3v) is 2.22. The van der Waals surface area contributed by atoms with Crippen molar-refractivity contribution in [3.05, 3.63) is 29.6 Å². The molecule has 0 saturated carbocycles. The topological polar surface area (TPSA) is 69.5 Å². The summed E-state index contributed by atoms with van der Waals surface area (Å²) >= 11 is 0. The number of nitriles is 1. The Morgan fingerprint density at radius 2 is 2.40 bits per heavy atom. The molecule has 0 unspecified atom stereocenters. The fraction of sp³-hybridized carbons (Fsp3) is 0.182. The molecule has 0 aliphatic heterocycles. The molecule has 0 atom stereocenters. The largest absolute Gasteiger partial charge is 0.335 e. The van der Waals surface area contributed by atoms with Crippen molar-refractivity contribution in [2.45, 2.75) is 13.3 Å². The van der Waals surface area contributed by atoms with Gasteiger partial charge in [-0.05, 0) is 18.6 Å². The number of imidazole rings is 1. The van der Waals surface area contributed by atoms with Crippen LogP contribution in [0.2, 0.25) is 0 Å². The summed E-state index contributed by atoms with van der Waals surface area (Å²) in [7, 11) is 0. The van der Waals surface area contributed by atoms with E-state index < -0.39 is 0 Å². The quantitative estimate of drug-likeness (QED) is 0.751. The number of aromatic nitrogens is 2. The number of fused-ring (bicyclic) bond motifs is 1. The minimum Gasteiger partial charge on any atom is -0.335 e. The number of Topliss-reactive ketones (excluding diaryl/α,β-unsaturated/α-hetero) is 1. The van der Waals surface area contributed by atoms with Crippen molar-refractivity contribution in [1.29, 1.82) is 5.26 Å². The molecular formula is C11H9N3O. The van der Waals surface area contributed by atoms with Gasteiger partial charge in [-0.3, -0.25) is 4.79 Å². The van der Waals surface area contributed by atoms with Crippen molar-refractivity contribution in [2.75, 3.05) is 0 Å². The van der Waals surface area contributed by atoms with Gasteiger partial charge in [-0.15, -0.1) is 0 Å². The summed E-state index contributed by atoms with van der Waals surface area (Å²) < 4.78 is 0. The maximum Gasteiger partial charge on any atom is 0.212 e. The van der Waals surface area contributed by atoms with E-state index in [1.165, 1.54) is 0 Å². The van der Waals surface area contributed by atoms with E-state index in [-0.39, 0.29) is 18.0 Å². The molecule has 74 valence electrons. The summed E-state index contributed by atoms with van der Waals surface area (Å²) in [4.78, 5) is 18.5. The molecule has 0 amide bonds. The lowest BCUT2D eigenvalue weighted by Crippen LogP contribution is -1.99. The highest BCUT2D eigenvalue weighted by atomic mass is 16.1. The highest BCUT2D eigenvalue weighted by Crippen LogP contribution is 2.15. The van der Waals surface area contributed by atoms with Crippen LogP contribution >= 0.6 is 0 Å². The molecular weight excluding hydrogens is 190 g/mol. The van der Waals surface area contributed by atoms with Crippen LogP contribution in [0.3, 0.4) is 0 Å². The van der Waals surface area contributed by atoms with Crippen molar-refractivity contribution < 1.29 is 4.79 Å². The molecule has 2 aromatic rings. The lowest BCUT2D eigenvalue weighted by Gasteiger charge is -1.90. The molecule has 1 N–H and O–H groups in total. The first-order chi connectivity index (χ1) is 7.22. The zero-order valence-corrected chi connectivity index (χ0v) is 8.24. The SMILES string of the molecule is Cc1cccc2[nH]c(C(=O)CC#N)nc12. The first-order valence-corrected chi connectivity index (χ1v) is 4.58. The molecule has 2 rings (SSSR count). The molecule has 0 aliphatic rings. The van der Waals surface area contributed by atoms with Gasteiger partial charge in [0.25, 0.3) is 0 Å². The lowest BCUT2D eigenvalue weighted by molar-refractivity contribution is 0.0989. The minimum absolute atomic E-state index is 0.140. The molecule has 1 aromatic heterocycles. The Bertz CT molecular complexity index is 563. The summed E-state index contributed by atoms with van der Waals surface area (Å²) in [5.41, 5.74) is 2.63.